The second-order valence-corrected chi connectivity index (χ2v) is 13.6. The number of anilines is 1. The maximum Gasteiger partial charge on any atom is 0.262 e. The minimum Gasteiger partial charge on any atom is -1.00 e. The van der Waals surface area contributed by atoms with Gasteiger partial charge in [0.25, 0.3) is 11.3 Å². The van der Waals surface area contributed by atoms with Gasteiger partial charge in [0.2, 0.25) is 5.89 Å². The highest BCUT2D eigenvalue weighted by Gasteiger charge is 2.53. The standard InChI is InChI=1S/C35H34N2OP.HI/c1-28-24-26-37(27-25-28)35-34(36-33(38-35)23-22-29-14-6-2-7-15-29)39(30-16-8-3-9-17-30,31-18-10-4-11-19-31)32-20-12-5-13-21-32;/h2-23,28H,24-27H2,1H3;1H/q+1;/p-1/b23-22+;. The summed E-state index contributed by atoms with van der Waals surface area (Å²) in [5.74, 6) is 2.29. The highest BCUT2D eigenvalue weighted by atomic mass is 127. The Hall–Kier alpha value is -3.21. The maximum atomic E-state index is 6.74. The average Bonchev–Trinajstić information content (AvgIpc) is 3.43. The SMILES string of the molecule is CC1CCN(c2oc(/C=C/c3ccccc3)nc2[P+](c2ccccc2)(c2ccccc2)c2ccccc2)CC1.[I-]. The summed E-state index contributed by atoms with van der Waals surface area (Å²) in [6.07, 6.45) is 6.42. The van der Waals surface area contributed by atoms with Gasteiger partial charge in [-0.05, 0) is 66.8 Å². The molecule has 0 amide bonds. The quantitative estimate of drug-likeness (QED) is 0.198. The van der Waals surface area contributed by atoms with Crippen LogP contribution in [0.15, 0.2) is 126 Å². The third kappa shape index (κ3) is 5.66. The van der Waals surface area contributed by atoms with Crippen LogP contribution in [0.2, 0.25) is 0 Å². The molecular weight excluding hydrogens is 622 g/mol. The first-order chi connectivity index (χ1) is 19.2. The molecule has 0 atom stereocenters. The van der Waals surface area contributed by atoms with Crippen LogP contribution >= 0.6 is 7.26 Å². The van der Waals surface area contributed by atoms with E-state index in [9.17, 15) is 0 Å². The number of halogens is 1. The van der Waals surface area contributed by atoms with Crippen molar-refractivity contribution in [3.63, 3.8) is 0 Å². The lowest BCUT2D eigenvalue weighted by Crippen LogP contribution is -3.00. The topological polar surface area (TPSA) is 29.3 Å². The Labute approximate surface area is 255 Å². The molecule has 40 heavy (non-hydrogen) atoms. The second-order valence-electron chi connectivity index (χ2n) is 10.3. The Morgan fingerprint density at radius 1 is 0.675 bits per heavy atom. The normalized spacial score (nSPS) is 14.3. The number of rotatable bonds is 7. The second kappa shape index (κ2) is 13.0. The van der Waals surface area contributed by atoms with Gasteiger partial charge in [0.15, 0.2) is 7.26 Å². The molecule has 0 bridgehead atoms. The number of hydrogen-bond acceptors (Lipinski definition) is 3. The Morgan fingerprint density at radius 2 is 1.12 bits per heavy atom. The Balaban J connectivity index is 0.00000323. The minimum absolute atomic E-state index is 0. The average molecular weight is 657 g/mol. The van der Waals surface area contributed by atoms with Gasteiger partial charge < -0.3 is 33.3 Å². The Kier molecular flexibility index (Phi) is 9.18. The fraction of sp³-hybridized carbons (Fsp3) is 0.171. The fourth-order valence-electron chi connectivity index (χ4n) is 5.53. The van der Waals surface area contributed by atoms with E-state index >= 15 is 0 Å². The highest BCUT2D eigenvalue weighted by molar-refractivity contribution is 8.01. The highest BCUT2D eigenvalue weighted by Crippen LogP contribution is 2.56. The van der Waals surface area contributed by atoms with Gasteiger partial charge in [-0.2, -0.15) is 4.98 Å². The molecule has 1 fully saturated rings. The van der Waals surface area contributed by atoms with Crippen molar-refractivity contribution < 1.29 is 28.4 Å². The first-order valence-corrected chi connectivity index (χ1v) is 15.6. The van der Waals surface area contributed by atoms with Crippen LogP contribution in [0.3, 0.4) is 0 Å². The molecule has 0 spiro atoms. The molecule has 4 aromatic carbocycles. The van der Waals surface area contributed by atoms with E-state index in [1.54, 1.807) is 0 Å². The van der Waals surface area contributed by atoms with Gasteiger partial charge >= 0.3 is 0 Å². The first kappa shape index (κ1) is 28.3. The molecular formula is C35H34IN2OP. The molecule has 0 N–H and O–H groups in total. The number of nitrogens with zero attached hydrogens (tertiary/aromatic N) is 2. The molecule has 1 aliphatic heterocycles. The molecule has 2 heterocycles. The minimum atomic E-state index is -2.38. The fourth-order valence-corrected chi connectivity index (χ4v) is 9.74. The predicted molar refractivity (Wildman–Crippen MR) is 167 cm³/mol. The zero-order chi connectivity index (χ0) is 26.5. The van der Waals surface area contributed by atoms with Crippen LogP contribution in [0.1, 0.15) is 31.2 Å². The summed E-state index contributed by atoms with van der Waals surface area (Å²) in [4.78, 5) is 7.81. The molecule has 1 saturated heterocycles. The molecule has 1 aliphatic rings. The summed E-state index contributed by atoms with van der Waals surface area (Å²) in [5.41, 5.74) is 2.18. The van der Waals surface area contributed by atoms with Crippen LogP contribution in [-0.2, 0) is 0 Å². The lowest BCUT2D eigenvalue weighted by molar-refractivity contribution is -0.00000821. The number of aromatic nitrogens is 1. The van der Waals surface area contributed by atoms with Crippen molar-refractivity contribution in [3.05, 3.63) is 133 Å². The van der Waals surface area contributed by atoms with E-state index in [0.717, 1.165) is 48.7 Å². The molecule has 3 nitrogen and oxygen atoms in total. The van der Waals surface area contributed by atoms with Crippen LogP contribution in [0.25, 0.3) is 12.2 Å². The van der Waals surface area contributed by atoms with E-state index in [0.29, 0.717) is 5.89 Å². The van der Waals surface area contributed by atoms with E-state index in [2.05, 4.69) is 133 Å². The van der Waals surface area contributed by atoms with Crippen molar-refractivity contribution in [2.24, 2.45) is 5.92 Å². The van der Waals surface area contributed by atoms with Crippen molar-refractivity contribution >= 4 is 46.6 Å². The molecule has 0 unspecified atom stereocenters. The van der Waals surface area contributed by atoms with Gasteiger partial charge in [0, 0.05) is 19.2 Å². The summed E-state index contributed by atoms with van der Waals surface area (Å²) >= 11 is 0. The third-order valence-electron chi connectivity index (χ3n) is 7.65. The molecule has 0 saturated carbocycles. The van der Waals surface area contributed by atoms with E-state index in [4.69, 9.17) is 9.40 Å². The molecule has 0 aliphatic carbocycles. The van der Waals surface area contributed by atoms with Crippen molar-refractivity contribution in [2.45, 2.75) is 19.8 Å². The third-order valence-corrected chi connectivity index (χ3v) is 11.8. The monoisotopic (exact) mass is 656 g/mol. The van der Waals surface area contributed by atoms with Crippen LogP contribution in [-0.4, -0.2) is 18.1 Å². The molecule has 5 aromatic rings. The summed E-state index contributed by atoms with van der Waals surface area (Å²) in [5, 5.41) is 3.84. The smallest absolute Gasteiger partial charge is 0.262 e. The summed E-state index contributed by atoms with van der Waals surface area (Å²) in [6, 6.07) is 43.1. The summed E-state index contributed by atoms with van der Waals surface area (Å²) in [6.45, 7) is 4.30. The van der Waals surface area contributed by atoms with Crippen LogP contribution in [0.5, 0.6) is 0 Å². The summed E-state index contributed by atoms with van der Waals surface area (Å²) < 4.78 is 6.74. The van der Waals surface area contributed by atoms with Crippen molar-refractivity contribution in [3.8, 4) is 0 Å². The largest absolute Gasteiger partial charge is 1.00 e. The van der Waals surface area contributed by atoms with Gasteiger partial charge in [0.05, 0.1) is 0 Å². The van der Waals surface area contributed by atoms with Gasteiger partial charge in [-0.3, -0.25) is 0 Å². The Morgan fingerprint density at radius 3 is 1.60 bits per heavy atom. The number of hydrogen-bond donors (Lipinski definition) is 0. The van der Waals surface area contributed by atoms with Crippen molar-refractivity contribution in [2.75, 3.05) is 18.0 Å². The van der Waals surface area contributed by atoms with Crippen LogP contribution < -0.4 is 50.2 Å². The summed E-state index contributed by atoms with van der Waals surface area (Å²) in [7, 11) is -2.38. The zero-order valence-corrected chi connectivity index (χ0v) is 25.8. The van der Waals surface area contributed by atoms with E-state index in [1.807, 2.05) is 12.1 Å². The Bertz CT molecular complexity index is 1420. The number of oxazole rings is 1. The van der Waals surface area contributed by atoms with Crippen molar-refractivity contribution in [1.29, 1.82) is 0 Å². The lowest BCUT2D eigenvalue weighted by atomic mass is 9.99. The van der Waals surface area contributed by atoms with Gasteiger partial charge in [-0.1, -0.05) is 91.9 Å². The van der Waals surface area contributed by atoms with Crippen LogP contribution in [0, 0.1) is 5.92 Å². The van der Waals surface area contributed by atoms with Crippen molar-refractivity contribution in [1.82, 2.24) is 4.98 Å². The van der Waals surface area contributed by atoms with E-state index < -0.39 is 7.26 Å². The van der Waals surface area contributed by atoms with Gasteiger partial charge in [-0.15, -0.1) is 0 Å². The van der Waals surface area contributed by atoms with E-state index in [-0.39, 0.29) is 24.0 Å². The van der Waals surface area contributed by atoms with E-state index in [1.165, 1.54) is 15.9 Å². The van der Waals surface area contributed by atoms with Gasteiger partial charge in [0.1, 0.15) is 15.9 Å². The van der Waals surface area contributed by atoms with Gasteiger partial charge in [-0.25, -0.2) is 0 Å². The first-order valence-electron chi connectivity index (χ1n) is 13.8. The molecule has 0 radical (unpaired) electrons. The molecule has 6 rings (SSSR count). The zero-order valence-electron chi connectivity index (χ0n) is 22.7. The predicted octanol–water partition coefficient (Wildman–Crippen LogP) is 3.70. The molecule has 202 valence electrons. The molecule has 5 heteroatoms. The lowest BCUT2D eigenvalue weighted by Gasteiger charge is -2.32. The number of benzene rings is 4. The van der Waals surface area contributed by atoms with Crippen LogP contribution in [0.4, 0.5) is 5.88 Å². The molecule has 1 aromatic heterocycles. The number of piperidine rings is 1. The maximum absolute atomic E-state index is 6.74.